The van der Waals surface area contributed by atoms with Crippen molar-refractivity contribution in [1.29, 1.82) is 0 Å². The predicted molar refractivity (Wildman–Crippen MR) is 79.2 cm³/mol. The molecule has 0 N–H and O–H groups in total. The number of carbonyl (C=O) groups is 1. The minimum Gasteiger partial charge on any atom is -0.469 e. The van der Waals surface area contributed by atoms with Gasteiger partial charge < -0.3 is 4.74 Å². The molecule has 4 saturated carbocycles. The summed E-state index contributed by atoms with van der Waals surface area (Å²) in [5.41, 5.74) is 0.629. The summed E-state index contributed by atoms with van der Waals surface area (Å²) in [6, 6.07) is 0. The van der Waals surface area contributed by atoms with Crippen LogP contribution in [0.25, 0.3) is 0 Å². The Morgan fingerprint density at radius 3 is 2.21 bits per heavy atom. The highest BCUT2D eigenvalue weighted by Gasteiger charge is 2.50. The Labute approximate surface area is 121 Å². The molecule has 0 amide bonds. The minimum absolute atomic E-state index is 0.0643. The molecular weight excluding hydrogens is 256 g/mol. The Bertz CT molecular complexity index is 317. The van der Waals surface area contributed by atoms with Gasteiger partial charge in [-0.15, -0.1) is 0 Å². The third-order valence-corrected chi connectivity index (χ3v) is 7.04. The summed E-state index contributed by atoms with van der Waals surface area (Å²) >= 11 is 2.01. The fraction of sp³-hybridized carbons (Fsp3) is 0.938. The van der Waals surface area contributed by atoms with E-state index in [0.29, 0.717) is 17.1 Å². The van der Waals surface area contributed by atoms with Gasteiger partial charge in [-0.05, 0) is 67.4 Å². The third kappa shape index (κ3) is 2.96. The van der Waals surface area contributed by atoms with Crippen LogP contribution in [0.3, 0.4) is 0 Å². The molecule has 19 heavy (non-hydrogen) atoms. The van der Waals surface area contributed by atoms with E-state index < -0.39 is 0 Å². The van der Waals surface area contributed by atoms with E-state index in [2.05, 4.69) is 6.92 Å². The average Bonchev–Trinajstić information content (AvgIpc) is 2.35. The normalized spacial score (nSPS) is 41.3. The Kier molecular flexibility index (Phi) is 3.85. The lowest BCUT2D eigenvalue weighted by atomic mass is 9.50. The van der Waals surface area contributed by atoms with Crippen molar-refractivity contribution in [2.75, 3.05) is 12.9 Å². The van der Waals surface area contributed by atoms with Crippen molar-refractivity contribution >= 4 is 17.7 Å². The monoisotopic (exact) mass is 282 g/mol. The van der Waals surface area contributed by atoms with Crippen molar-refractivity contribution in [2.45, 2.75) is 57.1 Å². The first-order chi connectivity index (χ1) is 9.08. The van der Waals surface area contributed by atoms with Crippen molar-refractivity contribution < 1.29 is 9.53 Å². The van der Waals surface area contributed by atoms with Gasteiger partial charge in [-0.25, -0.2) is 0 Å². The largest absolute Gasteiger partial charge is 0.469 e. The molecule has 0 aromatic rings. The maximum absolute atomic E-state index is 11.3. The molecule has 0 aliphatic heterocycles. The summed E-state index contributed by atoms with van der Waals surface area (Å²) in [5, 5.41) is 0.403. The van der Waals surface area contributed by atoms with Gasteiger partial charge in [0, 0.05) is 5.25 Å². The van der Waals surface area contributed by atoms with Crippen LogP contribution in [0, 0.1) is 23.2 Å². The first-order valence-corrected chi connectivity index (χ1v) is 8.82. The minimum atomic E-state index is -0.0643. The molecule has 2 nitrogen and oxygen atoms in total. The molecule has 4 aliphatic carbocycles. The molecule has 4 aliphatic rings. The number of carbonyl (C=O) groups excluding carboxylic acids is 1. The van der Waals surface area contributed by atoms with Crippen molar-refractivity contribution in [2.24, 2.45) is 23.2 Å². The van der Waals surface area contributed by atoms with E-state index in [1.165, 1.54) is 51.4 Å². The third-order valence-electron chi connectivity index (χ3n) is 5.52. The van der Waals surface area contributed by atoms with E-state index in [1.54, 1.807) is 0 Å². The van der Waals surface area contributed by atoms with Gasteiger partial charge in [-0.3, -0.25) is 4.79 Å². The second-order valence-electron chi connectivity index (χ2n) is 7.32. The van der Waals surface area contributed by atoms with Gasteiger partial charge >= 0.3 is 5.97 Å². The fourth-order valence-corrected chi connectivity index (χ4v) is 6.41. The van der Waals surface area contributed by atoms with Gasteiger partial charge in [0.2, 0.25) is 0 Å². The summed E-state index contributed by atoms with van der Waals surface area (Å²) in [5.74, 6) is 4.30. The van der Waals surface area contributed by atoms with Gasteiger partial charge in [0.1, 0.15) is 0 Å². The van der Waals surface area contributed by atoms with Crippen LogP contribution in [0.4, 0.5) is 0 Å². The zero-order valence-electron chi connectivity index (χ0n) is 12.2. The molecule has 0 radical (unpaired) electrons. The SMILES string of the molecule is COC(=O)CC(C)SCC12CC3CC(CC(C3)C1)C2. The number of hydrogen-bond donors (Lipinski definition) is 0. The van der Waals surface area contributed by atoms with Crippen LogP contribution >= 0.6 is 11.8 Å². The van der Waals surface area contributed by atoms with E-state index in [-0.39, 0.29) is 5.97 Å². The predicted octanol–water partition coefficient (Wildman–Crippen LogP) is 3.89. The van der Waals surface area contributed by atoms with Crippen LogP contribution in [0.2, 0.25) is 0 Å². The molecule has 3 heteroatoms. The summed E-state index contributed by atoms with van der Waals surface area (Å²) in [7, 11) is 1.48. The number of esters is 1. The second-order valence-corrected chi connectivity index (χ2v) is 8.75. The second kappa shape index (κ2) is 5.31. The Balaban J connectivity index is 1.53. The van der Waals surface area contributed by atoms with Gasteiger partial charge in [-0.1, -0.05) is 6.92 Å². The van der Waals surface area contributed by atoms with Crippen LogP contribution in [-0.2, 0) is 9.53 Å². The van der Waals surface area contributed by atoms with Gasteiger partial charge in [0.05, 0.1) is 13.5 Å². The zero-order valence-corrected chi connectivity index (χ0v) is 13.0. The molecule has 0 heterocycles. The summed E-state index contributed by atoms with van der Waals surface area (Å²) in [6.45, 7) is 2.17. The molecule has 4 fully saturated rings. The highest BCUT2D eigenvalue weighted by atomic mass is 32.2. The number of hydrogen-bond acceptors (Lipinski definition) is 3. The topological polar surface area (TPSA) is 26.3 Å². The summed E-state index contributed by atoms with van der Waals surface area (Å²) in [6.07, 6.45) is 9.52. The Hall–Kier alpha value is -0.180. The molecule has 108 valence electrons. The number of ether oxygens (including phenoxy) is 1. The van der Waals surface area contributed by atoms with Crippen molar-refractivity contribution in [3.8, 4) is 0 Å². The van der Waals surface area contributed by atoms with Crippen LogP contribution < -0.4 is 0 Å². The van der Waals surface area contributed by atoms with Crippen LogP contribution in [0.15, 0.2) is 0 Å². The average molecular weight is 282 g/mol. The van der Waals surface area contributed by atoms with E-state index >= 15 is 0 Å². The molecule has 4 bridgehead atoms. The van der Waals surface area contributed by atoms with Crippen molar-refractivity contribution in [3.63, 3.8) is 0 Å². The number of methoxy groups -OCH3 is 1. The molecule has 0 aromatic heterocycles. The zero-order chi connectivity index (χ0) is 13.5. The van der Waals surface area contributed by atoms with Crippen molar-refractivity contribution in [3.05, 3.63) is 0 Å². The lowest BCUT2D eigenvalue weighted by Crippen LogP contribution is -2.47. The molecular formula is C16H26O2S. The van der Waals surface area contributed by atoms with Crippen LogP contribution in [-0.4, -0.2) is 24.1 Å². The molecule has 1 atom stereocenters. The van der Waals surface area contributed by atoms with Crippen LogP contribution in [0.1, 0.15) is 51.9 Å². The van der Waals surface area contributed by atoms with Crippen LogP contribution in [0.5, 0.6) is 0 Å². The fourth-order valence-electron chi connectivity index (χ4n) is 5.16. The smallest absolute Gasteiger partial charge is 0.306 e. The first kappa shape index (κ1) is 13.8. The standard InChI is InChI=1S/C16H26O2S/c1-11(3-15(17)18-2)19-10-16-7-12-4-13(8-16)6-14(5-12)9-16/h11-14H,3-10H2,1-2H3. The van der Waals surface area contributed by atoms with E-state index in [4.69, 9.17) is 4.74 Å². The molecule has 0 spiro atoms. The lowest BCUT2D eigenvalue weighted by Gasteiger charge is -2.57. The first-order valence-electron chi connectivity index (χ1n) is 7.77. The van der Waals surface area contributed by atoms with E-state index in [0.717, 1.165) is 17.8 Å². The molecule has 0 aromatic carbocycles. The Morgan fingerprint density at radius 1 is 1.21 bits per heavy atom. The summed E-state index contributed by atoms with van der Waals surface area (Å²) in [4.78, 5) is 11.3. The highest BCUT2D eigenvalue weighted by molar-refractivity contribution is 7.99. The van der Waals surface area contributed by atoms with E-state index in [9.17, 15) is 4.79 Å². The Morgan fingerprint density at radius 2 is 1.74 bits per heavy atom. The molecule has 0 saturated heterocycles. The molecule has 4 rings (SSSR count). The van der Waals surface area contributed by atoms with Gasteiger partial charge in [0.15, 0.2) is 0 Å². The maximum Gasteiger partial charge on any atom is 0.306 e. The number of thioether (sulfide) groups is 1. The lowest BCUT2D eigenvalue weighted by molar-refractivity contribution is -0.140. The maximum atomic E-state index is 11.3. The van der Waals surface area contributed by atoms with Gasteiger partial charge in [-0.2, -0.15) is 11.8 Å². The van der Waals surface area contributed by atoms with E-state index in [1.807, 2.05) is 11.8 Å². The van der Waals surface area contributed by atoms with Crippen molar-refractivity contribution in [1.82, 2.24) is 0 Å². The number of rotatable bonds is 5. The quantitative estimate of drug-likeness (QED) is 0.716. The van der Waals surface area contributed by atoms with Gasteiger partial charge in [0.25, 0.3) is 0 Å². The highest BCUT2D eigenvalue weighted by Crippen LogP contribution is 2.61. The summed E-state index contributed by atoms with van der Waals surface area (Å²) < 4.78 is 4.76. The molecule has 1 unspecified atom stereocenters.